The van der Waals surface area contributed by atoms with Gasteiger partial charge in [0.05, 0.1) is 6.42 Å². The second-order valence-electron chi connectivity index (χ2n) is 4.03. The third-order valence-corrected chi connectivity index (χ3v) is 2.45. The van der Waals surface area contributed by atoms with E-state index >= 15 is 0 Å². The van der Waals surface area contributed by atoms with Crippen molar-refractivity contribution in [3.05, 3.63) is 0 Å². The highest BCUT2D eigenvalue weighted by Gasteiger charge is 2.33. The van der Waals surface area contributed by atoms with Crippen LogP contribution in [0.4, 0.5) is 0 Å². The molecular weight excluding hydrogens is 168 g/mol. The Hall–Kier alpha value is -0.860. The van der Waals surface area contributed by atoms with E-state index in [0.29, 0.717) is 12.8 Å². The zero-order valence-corrected chi connectivity index (χ0v) is 8.37. The van der Waals surface area contributed by atoms with Crippen LogP contribution in [0.5, 0.6) is 0 Å². The molecule has 0 aromatic heterocycles. The number of esters is 1. The Morgan fingerprint density at radius 2 is 2.23 bits per heavy atom. The number of rotatable bonds is 3. The highest BCUT2D eigenvalue weighted by atomic mass is 16.5. The minimum atomic E-state index is -0.178. The zero-order valence-electron chi connectivity index (χ0n) is 8.37. The van der Waals surface area contributed by atoms with Crippen LogP contribution in [0.2, 0.25) is 0 Å². The van der Waals surface area contributed by atoms with Crippen LogP contribution >= 0.6 is 0 Å². The van der Waals surface area contributed by atoms with Gasteiger partial charge in [0.2, 0.25) is 0 Å². The quantitative estimate of drug-likeness (QED) is 0.625. The van der Waals surface area contributed by atoms with Gasteiger partial charge in [-0.1, -0.05) is 20.8 Å². The fourth-order valence-electron chi connectivity index (χ4n) is 1.40. The fourth-order valence-corrected chi connectivity index (χ4v) is 1.40. The lowest BCUT2D eigenvalue weighted by molar-refractivity contribution is -0.142. The summed E-state index contributed by atoms with van der Waals surface area (Å²) in [5, 5.41) is 0. The Balaban J connectivity index is 2.46. The third kappa shape index (κ3) is 2.54. The number of hydrogen-bond acceptors (Lipinski definition) is 3. The number of cyclic esters (lactones) is 1. The van der Waals surface area contributed by atoms with Crippen molar-refractivity contribution in [1.82, 2.24) is 0 Å². The van der Waals surface area contributed by atoms with Gasteiger partial charge in [-0.15, -0.1) is 0 Å². The number of Topliss-reactive ketones (excluding diaryl/α,β-unsaturated/α-hetero) is 1. The molecule has 1 rings (SSSR count). The largest absolute Gasteiger partial charge is 0.462 e. The highest BCUT2D eigenvalue weighted by molar-refractivity contribution is 5.82. The molecule has 1 aliphatic heterocycles. The Morgan fingerprint density at radius 1 is 1.62 bits per heavy atom. The van der Waals surface area contributed by atoms with Gasteiger partial charge in [-0.05, 0) is 0 Å². The van der Waals surface area contributed by atoms with Crippen LogP contribution < -0.4 is 0 Å². The number of carbonyl (C=O) groups excluding carboxylic acids is 2. The molecular formula is C10H16O3. The molecule has 0 aromatic carbocycles. The molecule has 1 saturated heterocycles. The molecule has 1 aliphatic rings. The lowest BCUT2D eigenvalue weighted by atomic mass is 9.95. The van der Waals surface area contributed by atoms with Gasteiger partial charge in [0, 0.05) is 18.3 Å². The third-order valence-electron chi connectivity index (χ3n) is 2.45. The number of carbonyl (C=O) groups is 2. The topological polar surface area (TPSA) is 43.4 Å². The van der Waals surface area contributed by atoms with E-state index in [1.54, 1.807) is 0 Å². The van der Waals surface area contributed by atoms with Crippen molar-refractivity contribution in [3.63, 3.8) is 0 Å². The average Bonchev–Trinajstić information content (AvgIpc) is 2.30. The maximum Gasteiger partial charge on any atom is 0.306 e. The first-order valence-corrected chi connectivity index (χ1v) is 4.73. The van der Waals surface area contributed by atoms with Crippen LogP contribution in [-0.2, 0) is 14.3 Å². The SMILES string of the molecule is CC(C)C(=O)C[C@@H]1OC(=O)C[C@@H]1C. The van der Waals surface area contributed by atoms with Crippen molar-refractivity contribution < 1.29 is 14.3 Å². The van der Waals surface area contributed by atoms with Crippen LogP contribution in [-0.4, -0.2) is 17.9 Å². The number of hydrogen-bond donors (Lipinski definition) is 0. The first kappa shape index (κ1) is 10.2. The maximum atomic E-state index is 11.4. The van der Waals surface area contributed by atoms with Gasteiger partial charge in [0.25, 0.3) is 0 Å². The van der Waals surface area contributed by atoms with E-state index in [-0.39, 0.29) is 29.7 Å². The molecule has 3 nitrogen and oxygen atoms in total. The first-order chi connectivity index (χ1) is 6.00. The molecule has 0 aromatic rings. The lowest BCUT2D eigenvalue weighted by Crippen LogP contribution is -2.21. The van der Waals surface area contributed by atoms with Crippen molar-refractivity contribution in [2.45, 2.75) is 39.7 Å². The average molecular weight is 184 g/mol. The van der Waals surface area contributed by atoms with E-state index in [0.717, 1.165) is 0 Å². The molecule has 0 radical (unpaired) electrons. The van der Waals surface area contributed by atoms with Crippen molar-refractivity contribution >= 4 is 11.8 Å². The molecule has 1 heterocycles. The van der Waals surface area contributed by atoms with Crippen molar-refractivity contribution in [1.29, 1.82) is 0 Å². The van der Waals surface area contributed by atoms with Gasteiger partial charge < -0.3 is 4.74 Å². The van der Waals surface area contributed by atoms with Gasteiger partial charge in [0.1, 0.15) is 11.9 Å². The molecule has 74 valence electrons. The minimum Gasteiger partial charge on any atom is -0.462 e. The van der Waals surface area contributed by atoms with E-state index in [1.165, 1.54) is 0 Å². The molecule has 0 unspecified atom stereocenters. The molecule has 13 heavy (non-hydrogen) atoms. The summed E-state index contributed by atoms with van der Waals surface area (Å²) < 4.78 is 5.03. The second kappa shape index (κ2) is 3.90. The van der Waals surface area contributed by atoms with Crippen molar-refractivity contribution in [2.75, 3.05) is 0 Å². The molecule has 1 fully saturated rings. The monoisotopic (exact) mass is 184 g/mol. The number of ketones is 1. The van der Waals surface area contributed by atoms with Crippen LogP contribution in [0.1, 0.15) is 33.6 Å². The standard InChI is InChI=1S/C10H16O3/c1-6(2)8(11)5-9-7(3)4-10(12)13-9/h6-7,9H,4-5H2,1-3H3/t7-,9-/m0/s1. The van der Waals surface area contributed by atoms with E-state index in [2.05, 4.69) is 0 Å². The Bertz CT molecular complexity index is 220. The van der Waals surface area contributed by atoms with Gasteiger partial charge >= 0.3 is 5.97 Å². The summed E-state index contributed by atoms with van der Waals surface area (Å²) in [5.74, 6) is 0.224. The van der Waals surface area contributed by atoms with Crippen LogP contribution in [0.3, 0.4) is 0 Å². The summed E-state index contributed by atoms with van der Waals surface area (Å²) in [6.07, 6.45) is 0.656. The van der Waals surface area contributed by atoms with E-state index in [9.17, 15) is 9.59 Å². The molecule has 2 atom stereocenters. The van der Waals surface area contributed by atoms with Gasteiger partial charge in [-0.25, -0.2) is 0 Å². The van der Waals surface area contributed by atoms with Crippen LogP contribution in [0.15, 0.2) is 0 Å². The summed E-state index contributed by atoms with van der Waals surface area (Å²) in [4.78, 5) is 22.2. The summed E-state index contributed by atoms with van der Waals surface area (Å²) in [6, 6.07) is 0. The maximum absolute atomic E-state index is 11.4. The van der Waals surface area contributed by atoms with E-state index < -0.39 is 0 Å². The molecule has 0 spiro atoms. The molecule has 0 bridgehead atoms. The minimum absolute atomic E-state index is 0.0338. The van der Waals surface area contributed by atoms with Gasteiger partial charge in [-0.3, -0.25) is 9.59 Å². The predicted octanol–water partition coefficient (Wildman–Crippen LogP) is 1.55. The highest BCUT2D eigenvalue weighted by Crippen LogP contribution is 2.24. The molecule has 3 heteroatoms. The first-order valence-electron chi connectivity index (χ1n) is 4.73. The summed E-state index contributed by atoms with van der Waals surface area (Å²) in [6.45, 7) is 5.68. The summed E-state index contributed by atoms with van der Waals surface area (Å²) >= 11 is 0. The van der Waals surface area contributed by atoms with Crippen molar-refractivity contribution in [2.24, 2.45) is 11.8 Å². The summed E-state index contributed by atoms with van der Waals surface area (Å²) in [7, 11) is 0. The van der Waals surface area contributed by atoms with Gasteiger partial charge in [-0.2, -0.15) is 0 Å². The predicted molar refractivity (Wildman–Crippen MR) is 48.1 cm³/mol. The normalized spacial score (nSPS) is 27.8. The van der Waals surface area contributed by atoms with Crippen LogP contribution in [0.25, 0.3) is 0 Å². The smallest absolute Gasteiger partial charge is 0.306 e. The Kier molecular flexibility index (Phi) is 3.07. The lowest BCUT2D eigenvalue weighted by Gasteiger charge is -2.13. The van der Waals surface area contributed by atoms with E-state index in [4.69, 9.17) is 4.74 Å². The fraction of sp³-hybridized carbons (Fsp3) is 0.800. The molecule has 0 saturated carbocycles. The molecule has 0 aliphatic carbocycles. The second-order valence-corrected chi connectivity index (χ2v) is 4.03. The molecule has 0 N–H and O–H groups in total. The summed E-state index contributed by atoms with van der Waals surface area (Å²) in [5.41, 5.74) is 0. The van der Waals surface area contributed by atoms with Crippen LogP contribution in [0, 0.1) is 11.8 Å². The number of ether oxygens (including phenoxy) is 1. The van der Waals surface area contributed by atoms with Gasteiger partial charge in [0.15, 0.2) is 0 Å². The Labute approximate surface area is 78.5 Å². The zero-order chi connectivity index (χ0) is 10.0. The van der Waals surface area contributed by atoms with E-state index in [1.807, 2.05) is 20.8 Å². The van der Waals surface area contributed by atoms with Crippen molar-refractivity contribution in [3.8, 4) is 0 Å². The Morgan fingerprint density at radius 3 is 2.62 bits per heavy atom. The molecule has 0 amide bonds.